The summed E-state index contributed by atoms with van der Waals surface area (Å²) in [4.78, 5) is 0. The summed E-state index contributed by atoms with van der Waals surface area (Å²) in [6.07, 6.45) is 2.24. The molecule has 0 saturated carbocycles. The van der Waals surface area contributed by atoms with Crippen molar-refractivity contribution in [2.45, 2.75) is 6.42 Å². The van der Waals surface area contributed by atoms with Crippen molar-refractivity contribution in [2.75, 3.05) is 0 Å². The molecule has 0 aliphatic carbocycles. The molecule has 0 aliphatic heterocycles. The van der Waals surface area contributed by atoms with Gasteiger partial charge in [0.25, 0.3) is 0 Å². The summed E-state index contributed by atoms with van der Waals surface area (Å²) in [5, 5.41) is 0. The first-order chi connectivity index (χ1) is 1.91. The van der Waals surface area contributed by atoms with Crippen LogP contribution in [-0.4, -0.2) is 0 Å². The van der Waals surface area contributed by atoms with Gasteiger partial charge in [0, 0.05) is 0 Å². The van der Waals surface area contributed by atoms with Gasteiger partial charge in [0.2, 0.25) is 0 Å². The lowest BCUT2D eigenvalue weighted by atomic mass is 10.5. The van der Waals surface area contributed by atoms with Gasteiger partial charge >= 0.3 is 0 Å². The summed E-state index contributed by atoms with van der Waals surface area (Å²) >= 11 is 0. The summed E-state index contributed by atoms with van der Waals surface area (Å²) in [6, 6.07) is 0. The monoisotopic (exact) mass is 54.0 g/mol. The van der Waals surface area contributed by atoms with E-state index in [1.807, 2.05) is 0 Å². The molecule has 0 atom stereocenters. The average molecular weight is 54.1 g/mol. The number of rotatable bonds is 1. The van der Waals surface area contributed by atoms with Crippen LogP contribution in [-0.2, 0) is 0 Å². The van der Waals surface area contributed by atoms with Crippen LogP contribution in [0.25, 0.3) is 0 Å². The highest BCUT2D eigenvalue weighted by Gasteiger charge is 1.46. The van der Waals surface area contributed by atoms with Crippen molar-refractivity contribution < 1.29 is 0 Å². The van der Waals surface area contributed by atoms with Gasteiger partial charge in [-0.1, -0.05) is 12.7 Å². The predicted octanol–water partition coefficient (Wildman–Crippen LogP) is 1.20. The number of allylic oxidation sites excluding steroid dienone is 1. The molecule has 0 bridgehead atoms. The molecule has 0 nitrogen and oxygen atoms in total. The van der Waals surface area contributed by atoms with Gasteiger partial charge in [-0.05, 0) is 13.3 Å². The van der Waals surface area contributed by atoms with Gasteiger partial charge < -0.3 is 0 Å². The van der Waals surface area contributed by atoms with Crippen LogP contribution in [0.1, 0.15) is 6.42 Å². The van der Waals surface area contributed by atoms with Crippen LogP contribution >= 0.6 is 0 Å². The van der Waals surface area contributed by atoms with E-state index in [1.54, 1.807) is 0 Å². The first-order valence-corrected chi connectivity index (χ1v) is 1.24. The van der Waals surface area contributed by atoms with Gasteiger partial charge in [-0.25, -0.2) is 0 Å². The molecule has 0 aromatic rings. The smallest absolute Gasteiger partial charge is 0.0347 e. The van der Waals surface area contributed by atoms with Crippen molar-refractivity contribution in [3.63, 3.8) is 0 Å². The Morgan fingerprint density at radius 3 is 2.25 bits per heavy atom. The normalized spacial score (nSPS) is 6.25. The molecule has 0 amide bonds. The first-order valence-electron chi connectivity index (χ1n) is 1.24. The molecule has 4 heavy (non-hydrogen) atoms. The second kappa shape index (κ2) is 2.74. The third kappa shape index (κ3) is 1.74. The second-order valence-corrected chi connectivity index (χ2v) is 0.524. The van der Waals surface area contributed by atoms with Crippen LogP contribution in [0.3, 0.4) is 0 Å². The third-order valence-corrected chi connectivity index (χ3v) is 0.167. The zero-order valence-electron chi connectivity index (χ0n) is 2.57. The lowest BCUT2D eigenvalue weighted by Gasteiger charge is -1.57. The van der Waals surface area contributed by atoms with Gasteiger partial charge in [-0.15, -0.1) is 0 Å². The maximum Gasteiger partial charge on any atom is -0.0347 e. The zero-order valence-corrected chi connectivity index (χ0v) is 2.57. The van der Waals surface area contributed by atoms with Crippen LogP contribution in [0, 0.1) is 13.5 Å². The van der Waals surface area contributed by atoms with Crippen molar-refractivity contribution in [1.29, 1.82) is 0 Å². The van der Waals surface area contributed by atoms with E-state index in [1.165, 1.54) is 6.08 Å². The van der Waals surface area contributed by atoms with Crippen LogP contribution in [0.2, 0.25) is 0 Å². The number of hydrogen-bond donors (Lipinski definition) is 0. The van der Waals surface area contributed by atoms with E-state index in [0.29, 0.717) is 0 Å². The number of hydrogen-bond acceptors (Lipinski definition) is 0. The van der Waals surface area contributed by atoms with E-state index < -0.39 is 0 Å². The standard InChI is InChI=1S/C4H6/c1-3-4-2/h1,3H,2,4H2. The fraction of sp³-hybridized carbons (Fsp3) is 0.250. The van der Waals surface area contributed by atoms with Crippen molar-refractivity contribution >= 4 is 0 Å². The molecule has 0 heteroatoms. The van der Waals surface area contributed by atoms with Crippen molar-refractivity contribution in [2.24, 2.45) is 0 Å². The third-order valence-electron chi connectivity index (χ3n) is 0.167. The van der Waals surface area contributed by atoms with Gasteiger partial charge in [-0.2, -0.15) is 0 Å². The zero-order chi connectivity index (χ0) is 3.41. The lowest BCUT2D eigenvalue weighted by molar-refractivity contribution is 1.41. The van der Waals surface area contributed by atoms with Crippen molar-refractivity contribution in [3.05, 3.63) is 19.6 Å². The van der Waals surface area contributed by atoms with Crippen molar-refractivity contribution in [1.82, 2.24) is 0 Å². The average Bonchev–Trinajstić information content (AvgIpc) is 1.37. The molecular formula is C4H6. The van der Waals surface area contributed by atoms with E-state index >= 15 is 0 Å². The van der Waals surface area contributed by atoms with Crippen LogP contribution in [0.5, 0.6) is 0 Å². The summed E-state index contributed by atoms with van der Waals surface area (Å²) in [6.45, 7) is 8.26. The largest absolute Gasteiger partial charge is 0.0845 e. The Kier molecular flexibility index (Phi) is 2.56. The fourth-order valence-electron chi connectivity index (χ4n) is 0. The molecule has 0 saturated heterocycles. The summed E-state index contributed by atoms with van der Waals surface area (Å²) in [5.41, 5.74) is 0. The molecule has 0 aliphatic rings. The van der Waals surface area contributed by atoms with Gasteiger partial charge in [0.15, 0.2) is 0 Å². The topological polar surface area (TPSA) is 0 Å². The van der Waals surface area contributed by atoms with E-state index in [-0.39, 0.29) is 0 Å². The summed E-state index contributed by atoms with van der Waals surface area (Å²) < 4.78 is 0. The molecule has 0 aromatic carbocycles. The Balaban J connectivity index is 2.30. The van der Waals surface area contributed by atoms with E-state index in [9.17, 15) is 0 Å². The van der Waals surface area contributed by atoms with Gasteiger partial charge in [-0.3, -0.25) is 0 Å². The van der Waals surface area contributed by atoms with Crippen LogP contribution in [0.15, 0.2) is 6.08 Å². The SMILES string of the molecule is [CH]=CC[CH2]. The Hall–Kier alpha value is -0.260. The molecule has 22 valence electrons. The minimum absolute atomic E-state index is 0.722. The highest BCUT2D eigenvalue weighted by atomic mass is 13.5. The molecule has 0 spiro atoms. The molecule has 0 fully saturated rings. The van der Waals surface area contributed by atoms with Gasteiger partial charge in [0.1, 0.15) is 0 Å². The highest BCUT2D eigenvalue weighted by molar-refractivity contribution is 4.61. The first kappa shape index (κ1) is 3.74. The molecule has 0 N–H and O–H groups in total. The molecule has 0 aromatic heterocycles. The minimum atomic E-state index is 0.722. The predicted molar refractivity (Wildman–Crippen MR) is 18.8 cm³/mol. The Morgan fingerprint density at radius 1 is 2.00 bits per heavy atom. The summed E-state index contributed by atoms with van der Waals surface area (Å²) in [5.74, 6) is 0. The highest BCUT2D eigenvalue weighted by Crippen LogP contribution is 1.64. The maximum atomic E-state index is 4.84. The van der Waals surface area contributed by atoms with Crippen molar-refractivity contribution in [3.8, 4) is 0 Å². The van der Waals surface area contributed by atoms with E-state index in [4.69, 9.17) is 6.58 Å². The molecule has 0 heterocycles. The lowest BCUT2D eigenvalue weighted by Crippen LogP contribution is -1.38. The molecular weight excluding hydrogens is 48.0 g/mol. The Morgan fingerprint density at radius 2 is 2.25 bits per heavy atom. The van der Waals surface area contributed by atoms with E-state index in [2.05, 4.69) is 6.92 Å². The van der Waals surface area contributed by atoms with Crippen LogP contribution in [0.4, 0.5) is 0 Å². The summed E-state index contributed by atoms with van der Waals surface area (Å²) in [7, 11) is 0. The Labute approximate surface area is 27.1 Å². The van der Waals surface area contributed by atoms with E-state index in [0.717, 1.165) is 6.42 Å². The molecule has 2 radical (unpaired) electrons. The second-order valence-electron chi connectivity index (χ2n) is 0.524. The molecule has 0 unspecified atom stereocenters. The quantitative estimate of drug-likeness (QED) is 0.422. The maximum absolute atomic E-state index is 4.84. The van der Waals surface area contributed by atoms with Crippen LogP contribution < -0.4 is 0 Å². The Bertz CT molecular complexity index is 14.0. The molecule has 0 rings (SSSR count). The fourth-order valence-corrected chi connectivity index (χ4v) is 0. The van der Waals surface area contributed by atoms with Gasteiger partial charge in [0.05, 0.1) is 0 Å². The minimum Gasteiger partial charge on any atom is -0.0845 e.